The molecule has 0 saturated carbocycles. The number of hydrogen-bond donors (Lipinski definition) is 2. The summed E-state index contributed by atoms with van der Waals surface area (Å²) < 4.78 is 1.66. The zero-order chi connectivity index (χ0) is 16.1. The van der Waals surface area contributed by atoms with Crippen LogP contribution in [0, 0.1) is 0 Å². The fraction of sp³-hybridized carbons (Fsp3) is 0.333. The second-order valence-corrected chi connectivity index (χ2v) is 5.72. The fourth-order valence-corrected chi connectivity index (χ4v) is 2.81. The van der Waals surface area contributed by atoms with Crippen LogP contribution in [0.5, 0.6) is 0 Å². The van der Waals surface area contributed by atoms with Crippen molar-refractivity contribution in [2.75, 3.05) is 13.6 Å². The van der Waals surface area contributed by atoms with Crippen molar-refractivity contribution in [3.8, 4) is 0 Å². The zero-order valence-corrected chi connectivity index (χ0v) is 15.2. The first-order chi connectivity index (χ1) is 10.5. The minimum atomic E-state index is -0.435. The normalized spacial score (nSPS) is 11.7. The monoisotopic (exact) mass is 376 g/mol. The number of hydrogen-bond acceptors (Lipinski definition) is 3. The first-order valence-corrected chi connectivity index (χ1v) is 7.65. The van der Waals surface area contributed by atoms with Gasteiger partial charge in [0, 0.05) is 35.4 Å². The highest BCUT2D eigenvalue weighted by atomic mass is 35.5. The fourth-order valence-electron chi connectivity index (χ4n) is 2.22. The van der Waals surface area contributed by atoms with Crippen LogP contribution in [0.25, 0.3) is 0 Å². The number of aromatic nitrogens is 2. The van der Waals surface area contributed by atoms with Gasteiger partial charge in [-0.05, 0) is 31.2 Å². The number of rotatable bonds is 6. The molecule has 5 nitrogen and oxygen atoms in total. The molecule has 0 bridgehead atoms. The minimum absolute atomic E-state index is 0. The molecule has 2 aromatic rings. The predicted molar refractivity (Wildman–Crippen MR) is 95.4 cm³/mol. The lowest BCUT2D eigenvalue weighted by atomic mass is 10.1. The van der Waals surface area contributed by atoms with Crippen LogP contribution >= 0.6 is 35.6 Å². The van der Waals surface area contributed by atoms with E-state index in [2.05, 4.69) is 15.7 Å². The Labute approximate surface area is 151 Å². The van der Waals surface area contributed by atoms with Gasteiger partial charge in [-0.1, -0.05) is 29.3 Å². The Morgan fingerprint density at radius 1 is 1.35 bits per heavy atom. The van der Waals surface area contributed by atoms with Crippen LogP contribution in [0.3, 0.4) is 0 Å². The Kier molecular flexibility index (Phi) is 7.85. The number of nitrogens with one attached hydrogen (secondary N) is 2. The van der Waals surface area contributed by atoms with E-state index in [1.165, 1.54) is 0 Å². The van der Waals surface area contributed by atoms with Crippen LogP contribution in [-0.4, -0.2) is 29.3 Å². The van der Waals surface area contributed by atoms with E-state index in [4.69, 9.17) is 23.2 Å². The van der Waals surface area contributed by atoms with Crippen molar-refractivity contribution in [2.24, 2.45) is 7.05 Å². The van der Waals surface area contributed by atoms with Crippen molar-refractivity contribution < 1.29 is 4.79 Å². The van der Waals surface area contributed by atoms with Crippen LogP contribution in [0.4, 0.5) is 0 Å². The zero-order valence-electron chi connectivity index (χ0n) is 12.8. The number of benzene rings is 1. The number of likely N-dealkylation sites (N-methyl/N-ethyl adjacent to an activating group) is 1. The molecule has 0 fully saturated rings. The number of nitrogens with zero attached hydrogens (tertiary/aromatic N) is 2. The van der Waals surface area contributed by atoms with Crippen molar-refractivity contribution in [2.45, 2.75) is 12.5 Å². The van der Waals surface area contributed by atoms with Gasteiger partial charge in [-0.15, -0.1) is 12.4 Å². The SMILES string of the molecule is CNC(C(=O)NCCc1c(Cl)cccc1Cl)c1cnn(C)c1.Cl. The lowest BCUT2D eigenvalue weighted by Gasteiger charge is -2.15. The Balaban J connectivity index is 0.00000264. The molecule has 1 aromatic heterocycles. The van der Waals surface area contributed by atoms with Gasteiger partial charge in [0.1, 0.15) is 6.04 Å². The van der Waals surface area contributed by atoms with Crippen molar-refractivity contribution >= 4 is 41.5 Å². The van der Waals surface area contributed by atoms with Gasteiger partial charge in [0.2, 0.25) is 5.91 Å². The Bertz CT molecular complexity index is 640. The van der Waals surface area contributed by atoms with Crippen LogP contribution in [-0.2, 0) is 18.3 Å². The Hall–Kier alpha value is -1.27. The largest absolute Gasteiger partial charge is 0.354 e. The number of carbonyl (C=O) groups is 1. The molecule has 1 unspecified atom stereocenters. The van der Waals surface area contributed by atoms with Gasteiger partial charge < -0.3 is 10.6 Å². The molecule has 1 heterocycles. The number of halogens is 3. The molecule has 1 amide bonds. The van der Waals surface area contributed by atoms with E-state index in [1.807, 2.05) is 13.2 Å². The number of amides is 1. The van der Waals surface area contributed by atoms with E-state index >= 15 is 0 Å². The van der Waals surface area contributed by atoms with E-state index in [9.17, 15) is 4.79 Å². The third-order valence-electron chi connectivity index (χ3n) is 3.34. The molecule has 23 heavy (non-hydrogen) atoms. The number of carbonyl (C=O) groups excluding carboxylic acids is 1. The summed E-state index contributed by atoms with van der Waals surface area (Å²) >= 11 is 12.2. The van der Waals surface area contributed by atoms with E-state index in [0.717, 1.165) is 11.1 Å². The highest BCUT2D eigenvalue weighted by Gasteiger charge is 2.19. The van der Waals surface area contributed by atoms with Crippen LogP contribution < -0.4 is 10.6 Å². The molecule has 0 radical (unpaired) electrons. The molecule has 0 saturated heterocycles. The lowest BCUT2D eigenvalue weighted by molar-refractivity contribution is -0.123. The number of aryl methyl sites for hydroxylation is 1. The first kappa shape index (κ1) is 19.8. The molecule has 0 spiro atoms. The Morgan fingerprint density at radius 3 is 2.52 bits per heavy atom. The topological polar surface area (TPSA) is 59.0 Å². The summed E-state index contributed by atoms with van der Waals surface area (Å²) in [4.78, 5) is 12.3. The van der Waals surface area contributed by atoms with Crippen molar-refractivity contribution in [1.29, 1.82) is 0 Å². The van der Waals surface area contributed by atoms with Crippen LogP contribution in [0.2, 0.25) is 10.0 Å². The van der Waals surface area contributed by atoms with E-state index < -0.39 is 6.04 Å². The molecule has 1 atom stereocenters. The maximum Gasteiger partial charge on any atom is 0.241 e. The highest BCUT2D eigenvalue weighted by molar-refractivity contribution is 6.35. The molecule has 8 heteroatoms. The van der Waals surface area contributed by atoms with Gasteiger partial charge in [0.25, 0.3) is 0 Å². The van der Waals surface area contributed by atoms with E-state index in [0.29, 0.717) is 23.0 Å². The first-order valence-electron chi connectivity index (χ1n) is 6.89. The van der Waals surface area contributed by atoms with Gasteiger partial charge >= 0.3 is 0 Å². The second-order valence-electron chi connectivity index (χ2n) is 4.91. The van der Waals surface area contributed by atoms with Crippen molar-refractivity contribution in [3.63, 3.8) is 0 Å². The summed E-state index contributed by atoms with van der Waals surface area (Å²) in [6, 6.07) is 4.94. The lowest BCUT2D eigenvalue weighted by Crippen LogP contribution is -2.36. The summed E-state index contributed by atoms with van der Waals surface area (Å²) in [7, 11) is 3.55. The summed E-state index contributed by atoms with van der Waals surface area (Å²) in [5.74, 6) is -0.112. The smallest absolute Gasteiger partial charge is 0.241 e. The van der Waals surface area contributed by atoms with Gasteiger partial charge in [-0.2, -0.15) is 5.10 Å². The van der Waals surface area contributed by atoms with Gasteiger partial charge in [0.05, 0.1) is 6.20 Å². The predicted octanol–water partition coefficient (Wildman–Crippen LogP) is 2.77. The van der Waals surface area contributed by atoms with E-state index in [-0.39, 0.29) is 18.3 Å². The molecule has 1 aromatic carbocycles. The summed E-state index contributed by atoms with van der Waals surface area (Å²) in [5.41, 5.74) is 1.66. The molecular weight excluding hydrogens is 359 g/mol. The van der Waals surface area contributed by atoms with Gasteiger partial charge in [0.15, 0.2) is 0 Å². The maximum atomic E-state index is 12.3. The summed E-state index contributed by atoms with van der Waals surface area (Å²) in [6.07, 6.45) is 4.06. The van der Waals surface area contributed by atoms with Gasteiger partial charge in [-0.25, -0.2) is 0 Å². The molecule has 2 N–H and O–H groups in total. The Morgan fingerprint density at radius 2 is 2.00 bits per heavy atom. The average Bonchev–Trinajstić information content (AvgIpc) is 2.89. The van der Waals surface area contributed by atoms with Crippen LogP contribution in [0.15, 0.2) is 30.6 Å². The molecule has 126 valence electrons. The molecule has 0 aliphatic rings. The average molecular weight is 378 g/mol. The highest BCUT2D eigenvalue weighted by Crippen LogP contribution is 2.24. The van der Waals surface area contributed by atoms with Gasteiger partial charge in [-0.3, -0.25) is 9.48 Å². The summed E-state index contributed by atoms with van der Waals surface area (Å²) in [6.45, 7) is 0.459. The molecular formula is C15H19Cl3N4O. The third kappa shape index (κ3) is 5.11. The maximum absolute atomic E-state index is 12.3. The summed E-state index contributed by atoms with van der Waals surface area (Å²) in [5, 5.41) is 11.2. The van der Waals surface area contributed by atoms with Crippen molar-refractivity contribution in [1.82, 2.24) is 20.4 Å². The molecule has 0 aliphatic heterocycles. The molecule has 0 aliphatic carbocycles. The third-order valence-corrected chi connectivity index (χ3v) is 4.05. The molecule has 2 rings (SSSR count). The van der Waals surface area contributed by atoms with E-state index in [1.54, 1.807) is 36.1 Å². The second kappa shape index (κ2) is 9.13. The van der Waals surface area contributed by atoms with Crippen molar-refractivity contribution in [3.05, 3.63) is 51.8 Å². The van der Waals surface area contributed by atoms with Crippen LogP contribution in [0.1, 0.15) is 17.2 Å². The quantitative estimate of drug-likeness (QED) is 0.814. The standard InChI is InChI=1S/C15H18Cl2N4O.ClH/c1-18-14(10-8-20-21(2)9-10)15(22)19-7-6-11-12(16)4-3-5-13(11)17;/h3-5,8-9,14,18H,6-7H2,1-2H3,(H,19,22);1H. The minimum Gasteiger partial charge on any atom is -0.354 e.